The highest BCUT2D eigenvalue weighted by Crippen LogP contribution is 2.33. The van der Waals surface area contributed by atoms with Crippen molar-refractivity contribution in [3.05, 3.63) is 29.6 Å². The van der Waals surface area contributed by atoms with Crippen LogP contribution in [0.25, 0.3) is 0 Å². The van der Waals surface area contributed by atoms with Crippen molar-refractivity contribution in [1.82, 2.24) is 10.3 Å². The standard InChI is InChI=1S/C12H17N3O/c1-2-8-6-11(8)15-12(16)9-3-4-14-10(5-9)7-13/h3-5,8,11H,2,6-7,13H2,1H3,(H,15,16). The molecule has 1 amide bonds. The Bertz CT molecular complexity index is 392. The fourth-order valence-electron chi connectivity index (χ4n) is 1.86. The molecule has 1 aliphatic carbocycles. The number of hydrogen-bond donors (Lipinski definition) is 2. The minimum absolute atomic E-state index is 0.0157. The van der Waals surface area contributed by atoms with Crippen molar-refractivity contribution >= 4 is 5.91 Å². The second-order valence-corrected chi connectivity index (χ2v) is 4.22. The molecule has 0 bridgehead atoms. The maximum atomic E-state index is 11.8. The lowest BCUT2D eigenvalue weighted by molar-refractivity contribution is 0.0948. The Kier molecular flexibility index (Phi) is 3.19. The molecule has 0 aromatic carbocycles. The third-order valence-electron chi connectivity index (χ3n) is 3.05. The van der Waals surface area contributed by atoms with E-state index < -0.39 is 0 Å². The molecule has 3 N–H and O–H groups in total. The van der Waals surface area contributed by atoms with Crippen LogP contribution in [0.1, 0.15) is 35.8 Å². The Labute approximate surface area is 95.3 Å². The van der Waals surface area contributed by atoms with Gasteiger partial charge in [0, 0.05) is 24.3 Å². The Hall–Kier alpha value is -1.42. The van der Waals surface area contributed by atoms with Gasteiger partial charge in [0.25, 0.3) is 5.91 Å². The van der Waals surface area contributed by atoms with Crippen LogP contribution < -0.4 is 11.1 Å². The van der Waals surface area contributed by atoms with E-state index in [4.69, 9.17) is 5.73 Å². The molecule has 0 aliphatic heterocycles. The first-order chi connectivity index (χ1) is 7.74. The monoisotopic (exact) mass is 219 g/mol. The summed E-state index contributed by atoms with van der Waals surface area (Å²) in [5, 5.41) is 3.01. The van der Waals surface area contributed by atoms with Gasteiger partial charge in [-0.1, -0.05) is 13.3 Å². The molecule has 86 valence electrons. The molecule has 0 spiro atoms. The van der Waals surface area contributed by atoms with Gasteiger partial charge in [-0.15, -0.1) is 0 Å². The molecule has 1 aromatic rings. The summed E-state index contributed by atoms with van der Waals surface area (Å²) in [7, 11) is 0. The van der Waals surface area contributed by atoms with Crippen LogP contribution in [0.15, 0.2) is 18.3 Å². The summed E-state index contributed by atoms with van der Waals surface area (Å²) in [6, 6.07) is 3.84. The van der Waals surface area contributed by atoms with Crippen LogP contribution in [0.2, 0.25) is 0 Å². The lowest BCUT2D eigenvalue weighted by Gasteiger charge is -2.05. The summed E-state index contributed by atoms with van der Waals surface area (Å²) in [5.41, 5.74) is 6.88. The van der Waals surface area contributed by atoms with Gasteiger partial charge in [0.1, 0.15) is 0 Å². The molecule has 1 aromatic heterocycles. The third kappa shape index (κ3) is 2.39. The van der Waals surface area contributed by atoms with Crippen molar-refractivity contribution in [3.8, 4) is 0 Å². The largest absolute Gasteiger partial charge is 0.349 e. The van der Waals surface area contributed by atoms with E-state index in [0.29, 0.717) is 24.1 Å². The van der Waals surface area contributed by atoms with Gasteiger partial charge < -0.3 is 11.1 Å². The SMILES string of the molecule is CCC1CC1NC(=O)c1ccnc(CN)c1. The number of amides is 1. The summed E-state index contributed by atoms with van der Waals surface area (Å²) < 4.78 is 0. The van der Waals surface area contributed by atoms with Crippen molar-refractivity contribution in [2.24, 2.45) is 11.7 Å². The molecule has 4 heteroatoms. The van der Waals surface area contributed by atoms with Crippen LogP contribution in [0, 0.1) is 5.92 Å². The van der Waals surface area contributed by atoms with Crippen molar-refractivity contribution in [3.63, 3.8) is 0 Å². The van der Waals surface area contributed by atoms with Crippen molar-refractivity contribution in [2.75, 3.05) is 0 Å². The Balaban J connectivity index is 1.98. The quantitative estimate of drug-likeness (QED) is 0.796. The molecule has 1 heterocycles. The van der Waals surface area contributed by atoms with E-state index in [9.17, 15) is 4.79 Å². The van der Waals surface area contributed by atoms with Crippen molar-refractivity contribution < 1.29 is 4.79 Å². The van der Waals surface area contributed by atoms with E-state index in [2.05, 4.69) is 17.2 Å². The molecular weight excluding hydrogens is 202 g/mol. The molecule has 2 atom stereocenters. The van der Waals surface area contributed by atoms with Crippen LogP contribution in [-0.2, 0) is 6.54 Å². The second kappa shape index (κ2) is 4.61. The number of nitrogens with two attached hydrogens (primary N) is 1. The van der Waals surface area contributed by atoms with Crippen LogP contribution in [-0.4, -0.2) is 16.9 Å². The number of hydrogen-bond acceptors (Lipinski definition) is 3. The van der Waals surface area contributed by atoms with Crippen LogP contribution >= 0.6 is 0 Å². The predicted molar refractivity (Wildman–Crippen MR) is 61.8 cm³/mol. The average Bonchev–Trinajstić information content (AvgIpc) is 3.07. The van der Waals surface area contributed by atoms with Gasteiger partial charge in [-0.25, -0.2) is 0 Å². The van der Waals surface area contributed by atoms with Gasteiger partial charge in [0.15, 0.2) is 0 Å². The maximum absolute atomic E-state index is 11.8. The normalized spacial score (nSPS) is 22.9. The van der Waals surface area contributed by atoms with Gasteiger partial charge in [-0.2, -0.15) is 0 Å². The zero-order valence-electron chi connectivity index (χ0n) is 9.44. The Morgan fingerprint density at radius 1 is 1.69 bits per heavy atom. The summed E-state index contributed by atoms with van der Waals surface area (Å²) >= 11 is 0. The first kappa shape index (κ1) is 11.1. The lowest BCUT2D eigenvalue weighted by atomic mass is 10.2. The molecule has 2 rings (SSSR count). The number of carbonyl (C=O) groups is 1. The van der Waals surface area contributed by atoms with E-state index in [-0.39, 0.29) is 5.91 Å². The zero-order valence-corrected chi connectivity index (χ0v) is 9.44. The zero-order chi connectivity index (χ0) is 11.5. The second-order valence-electron chi connectivity index (χ2n) is 4.22. The van der Waals surface area contributed by atoms with Gasteiger partial charge in [-0.05, 0) is 24.5 Å². The Morgan fingerprint density at radius 3 is 3.12 bits per heavy atom. The molecule has 1 aliphatic rings. The number of nitrogens with one attached hydrogen (secondary N) is 1. The first-order valence-electron chi connectivity index (χ1n) is 5.70. The summed E-state index contributed by atoms with van der Waals surface area (Å²) in [4.78, 5) is 15.9. The fourth-order valence-corrected chi connectivity index (χ4v) is 1.86. The van der Waals surface area contributed by atoms with Crippen LogP contribution in [0.4, 0.5) is 0 Å². The minimum atomic E-state index is -0.0157. The number of pyridine rings is 1. The van der Waals surface area contributed by atoms with E-state index in [0.717, 1.165) is 18.5 Å². The molecular formula is C12H17N3O. The van der Waals surface area contributed by atoms with Crippen LogP contribution in [0.5, 0.6) is 0 Å². The first-order valence-corrected chi connectivity index (χ1v) is 5.70. The molecule has 2 unspecified atom stereocenters. The minimum Gasteiger partial charge on any atom is -0.349 e. The molecule has 1 saturated carbocycles. The molecule has 16 heavy (non-hydrogen) atoms. The van der Waals surface area contributed by atoms with E-state index >= 15 is 0 Å². The van der Waals surface area contributed by atoms with E-state index in [1.165, 1.54) is 0 Å². The van der Waals surface area contributed by atoms with Gasteiger partial charge in [0.2, 0.25) is 0 Å². The summed E-state index contributed by atoms with van der Waals surface area (Å²) in [5.74, 6) is 0.651. The number of aromatic nitrogens is 1. The van der Waals surface area contributed by atoms with E-state index in [1.54, 1.807) is 18.3 Å². The summed E-state index contributed by atoms with van der Waals surface area (Å²) in [6.07, 6.45) is 3.87. The average molecular weight is 219 g/mol. The van der Waals surface area contributed by atoms with Gasteiger partial charge in [0.05, 0.1) is 5.69 Å². The number of carbonyl (C=O) groups excluding carboxylic acids is 1. The molecule has 1 fully saturated rings. The highest BCUT2D eigenvalue weighted by Gasteiger charge is 2.36. The smallest absolute Gasteiger partial charge is 0.251 e. The van der Waals surface area contributed by atoms with Crippen LogP contribution in [0.3, 0.4) is 0 Å². The molecule has 4 nitrogen and oxygen atoms in total. The molecule has 0 saturated heterocycles. The van der Waals surface area contributed by atoms with E-state index in [1.807, 2.05) is 0 Å². The maximum Gasteiger partial charge on any atom is 0.251 e. The fraction of sp³-hybridized carbons (Fsp3) is 0.500. The summed E-state index contributed by atoms with van der Waals surface area (Å²) in [6.45, 7) is 2.51. The third-order valence-corrected chi connectivity index (χ3v) is 3.05. The predicted octanol–water partition coefficient (Wildman–Crippen LogP) is 1.07. The highest BCUT2D eigenvalue weighted by molar-refractivity contribution is 5.94. The number of nitrogens with zero attached hydrogens (tertiary/aromatic N) is 1. The molecule has 0 radical (unpaired) electrons. The van der Waals surface area contributed by atoms with Gasteiger partial charge >= 0.3 is 0 Å². The number of rotatable bonds is 4. The van der Waals surface area contributed by atoms with Gasteiger partial charge in [-0.3, -0.25) is 9.78 Å². The highest BCUT2D eigenvalue weighted by atomic mass is 16.1. The lowest BCUT2D eigenvalue weighted by Crippen LogP contribution is -2.27. The topological polar surface area (TPSA) is 68.0 Å². The van der Waals surface area contributed by atoms with Crippen molar-refractivity contribution in [1.29, 1.82) is 0 Å². The Morgan fingerprint density at radius 2 is 2.50 bits per heavy atom. The van der Waals surface area contributed by atoms with Crippen molar-refractivity contribution in [2.45, 2.75) is 32.4 Å².